The van der Waals surface area contributed by atoms with Crippen molar-refractivity contribution in [3.63, 3.8) is 0 Å². The Bertz CT molecular complexity index is 476. The lowest BCUT2D eigenvalue weighted by Crippen LogP contribution is -2.34. The van der Waals surface area contributed by atoms with Crippen molar-refractivity contribution in [2.75, 3.05) is 26.2 Å². The van der Waals surface area contributed by atoms with Crippen LogP contribution in [-0.2, 0) is 3.07 Å². The second-order valence-electron chi connectivity index (χ2n) is 4.87. The monoisotopic (exact) mass is 392 g/mol. The molecule has 1 aliphatic heterocycles. The van der Waals surface area contributed by atoms with Crippen molar-refractivity contribution < 1.29 is 12.3 Å². The summed E-state index contributed by atoms with van der Waals surface area (Å²) in [7, 11) is 0. The quantitative estimate of drug-likeness (QED) is 0.805. The standard InChI is InChI=1S/C14H18FIN2O2/c1-10(20-16)11-3-4-13(15)12(9-11)14(19)18-7-2-5-17-6-8-18/h3-4,9-10,17H,2,5-8H2,1H3. The molecule has 1 unspecified atom stereocenters. The lowest BCUT2D eigenvalue weighted by atomic mass is 10.1. The van der Waals surface area contributed by atoms with E-state index in [1.807, 2.05) is 6.92 Å². The first kappa shape index (κ1) is 15.7. The molecule has 1 saturated heterocycles. The second-order valence-corrected chi connectivity index (χ2v) is 5.37. The average molecular weight is 392 g/mol. The van der Waals surface area contributed by atoms with Crippen LogP contribution in [0.4, 0.5) is 4.39 Å². The summed E-state index contributed by atoms with van der Waals surface area (Å²) in [5.74, 6) is -0.717. The van der Waals surface area contributed by atoms with Gasteiger partial charge in [0.2, 0.25) is 0 Å². The van der Waals surface area contributed by atoms with Crippen LogP contribution < -0.4 is 5.32 Å². The zero-order chi connectivity index (χ0) is 14.5. The molecule has 1 aliphatic rings. The highest BCUT2D eigenvalue weighted by atomic mass is 127. The van der Waals surface area contributed by atoms with Crippen molar-refractivity contribution in [2.24, 2.45) is 0 Å². The predicted octanol–water partition coefficient (Wildman–Crippen LogP) is 2.69. The highest BCUT2D eigenvalue weighted by Crippen LogP contribution is 2.22. The van der Waals surface area contributed by atoms with Gasteiger partial charge in [-0.05, 0) is 37.6 Å². The minimum atomic E-state index is -0.475. The molecule has 110 valence electrons. The van der Waals surface area contributed by atoms with Gasteiger partial charge in [-0.25, -0.2) is 4.39 Å². The normalized spacial score (nSPS) is 17.6. The Kier molecular flexibility index (Phi) is 5.74. The van der Waals surface area contributed by atoms with Gasteiger partial charge >= 0.3 is 0 Å². The van der Waals surface area contributed by atoms with Crippen molar-refractivity contribution in [1.29, 1.82) is 0 Å². The van der Waals surface area contributed by atoms with Gasteiger partial charge in [-0.1, -0.05) is 6.07 Å². The third kappa shape index (κ3) is 3.67. The van der Waals surface area contributed by atoms with Crippen LogP contribution >= 0.6 is 23.0 Å². The maximum Gasteiger partial charge on any atom is 0.256 e. The van der Waals surface area contributed by atoms with Crippen molar-refractivity contribution in [3.8, 4) is 0 Å². The minimum absolute atomic E-state index is 0.129. The zero-order valence-electron chi connectivity index (χ0n) is 11.4. The Morgan fingerprint density at radius 1 is 1.45 bits per heavy atom. The molecule has 0 radical (unpaired) electrons. The molecule has 0 spiro atoms. The summed E-state index contributed by atoms with van der Waals surface area (Å²) >= 11 is 1.81. The minimum Gasteiger partial charge on any atom is -0.337 e. The third-order valence-electron chi connectivity index (χ3n) is 3.45. The van der Waals surface area contributed by atoms with Gasteiger partial charge < -0.3 is 13.3 Å². The molecule has 2 rings (SSSR count). The molecular formula is C14H18FIN2O2. The smallest absolute Gasteiger partial charge is 0.256 e. The largest absolute Gasteiger partial charge is 0.337 e. The molecular weight excluding hydrogens is 374 g/mol. The second kappa shape index (κ2) is 7.33. The Labute approximate surface area is 132 Å². The molecule has 1 aromatic rings. The fraction of sp³-hybridized carbons (Fsp3) is 0.500. The van der Waals surface area contributed by atoms with E-state index >= 15 is 0 Å². The summed E-state index contributed by atoms with van der Waals surface area (Å²) in [6.45, 7) is 4.78. The first-order valence-corrected chi connectivity index (χ1v) is 7.58. The van der Waals surface area contributed by atoms with Gasteiger partial charge in [0.05, 0.1) is 11.7 Å². The third-order valence-corrected chi connectivity index (χ3v) is 4.21. The Hall–Kier alpha value is -0.730. The van der Waals surface area contributed by atoms with Crippen LogP contribution in [0.2, 0.25) is 0 Å². The van der Waals surface area contributed by atoms with Gasteiger partial charge in [0.25, 0.3) is 5.91 Å². The molecule has 1 amide bonds. The summed E-state index contributed by atoms with van der Waals surface area (Å²) < 4.78 is 19.1. The topological polar surface area (TPSA) is 41.6 Å². The molecule has 1 fully saturated rings. The summed E-state index contributed by atoms with van der Waals surface area (Å²) in [5.41, 5.74) is 0.932. The van der Waals surface area contributed by atoms with E-state index in [1.165, 1.54) is 6.07 Å². The highest BCUT2D eigenvalue weighted by molar-refractivity contribution is 14.1. The van der Waals surface area contributed by atoms with E-state index in [9.17, 15) is 9.18 Å². The summed E-state index contributed by atoms with van der Waals surface area (Å²) in [6.07, 6.45) is 0.717. The van der Waals surface area contributed by atoms with Gasteiger partial charge in [0.1, 0.15) is 28.8 Å². The first-order valence-electron chi connectivity index (χ1n) is 6.70. The molecule has 1 aromatic carbocycles. The predicted molar refractivity (Wildman–Crippen MR) is 83.3 cm³/mol. The summed E-state index contributed by atoms with van der Waals surface area (Å²) in [4.78, 5) is 14.2. The van der Waals surface area contributed by atoms with Crippen LogP contribution in [0.15, 0.2) is 18.2 Å². The summed E-state index contributed by atoms with van der Waals surface area (Å²) in [5, 5.41) is 3.23. The van der Waals surface area contributed by atoms with E-state index in [1.54, 1.807) is 40.0 Å². The Morgan fingerprint density at radius 3 is 3.00 bits per heavy atom. The fourth-order valence-corrected chi connectivity index (χ4v) is 2.52. The number of nitrogens with one attached hydrogen (secondary N) is 1. The lowest BCUT2D eigenvalue weighted by molar-refractivity contribution is 0.0761. The number of carbonyl (C=O) groups excluding carboxylic acids is 1. The van der Waals surface area contributed by atoms with E-state index in [0.717, 1.165) is 25.1 Å². The van der Waals surface area contributed by atoms with Crippen LogP contribution in [0.5, 0.6) is 0 Å². The Balaban J connectivity index is 2.23. The van der Waals surface area contributed by atoms with E-state index in [-0.39, 0.29) is 17.6 Å². The van der Waals surface area contributed by atoms with Gasteiger partial charge in [-0.3, -0.25) is 4.79 Å². The number of rotatable bonds is 3. The molecule has 1 atom stereocenters. The maximum atomic E-state index is 13.9. The van der Waals surface area contributed by atoms with E-state index in [2.05, 4.69) is 5.32 Å². The average Bonchev–Trinajstić information content (AvgIpc) is 2.75. The van der Waals surface area contributed by atoms with Gasteiger partial charge in [-0.2, -0.15) is 0 Å². The van der Waals surface area contributed by atoms with Crippen molar-refractivity contribution in [1.82, 2.24) is 10.2 Å². The molecule has 1 N–H and O–H groups in total. The van der Waals surface area contributed by atoms with Gasteiger partial charge in [-0.15, -0.1) is 0 Å². The van der Waals surface area contributed by atoms with Crippen molar-refractivity contribution in [3.05, 3.63) is 35.1 Å². The Morgan fingerprint density at radius 2 is 2.25 bits per heavy atom. The number of hydrogen-bond donors (Lipinski definition) is 1. The van der Waals surface area contributed by atoms with E-state index < -0.39 is 5.82 Å². The van der Waals surface area contributed by atoms with E-state index in [4.69, 9.17) is 3.07 Å². The van der Waals surface area contributed by atoms with Crippen LogP contribution in [0.1, 0.15) is 35.4 Å². The molecule has 0 bridgehead atoms. The van der Waals surface area contributed by atoms with E-state index in [0.29, 0.717) is 13.1 Å². The molecule has 1 heterocycles. The van der Waals surface area contributed by atoms with Crippen LogP contribution in [0.25, 0.3) is 0 Å². The summed E-state index contributed by atoms with van der Waals surface area (Å²) in [6, 6.07) is 4.59. The molecule has 0 aromatic heterocycles. The number of hydrogen-bond acceptors (Lipinski definition) is 3. The highest BCUT2D eigenvalue weighted by Gasteiger charge is 2.21. The maximum absolute atomic E-state index is 13.9. The van der Waals surface area contributed by atoms with Crippen LogP contribution in [-0.4, -0.2) is 37.0 Å². The van der Waals surface area contributed by atoms with Crippen molar-refractivity contribution in [2.45, 2.75) is 19.4 Å². The molecule has 4 nitrogen and oxygen atoms in total. The van der Waals surface area contributed by atoms with Gasteiger partial charge in [0, 0.05) is 19.6 Å². The molecule has 20 heavy (non-hydrogen) atoms. The SMILES string of the molecule is CC(OI)c1ccc(F)c(C(=O)N2CCCNCC2)c1. The number of halogens is 2. The molecule has 0 saturated carbocycles. The number of amides is 1. The van der Waals surface area contributed by atoms with Crippen molar-refractivity contribution >= 4 is 28.9 Å². The molecule has 0 aliphatic carbocycles. The zero-order valence-corrected chi connectivity index (χ0v) is 13.5. The number of benzene rings is 1. The first-order chi connectivity index (χ1) is 9.63. The van der Waals surface area contributed by atoms with Gasteiger partial charge in [0.15, 0.2) is 0 Å². The molecule has 6 heteroatoms. The number of carbonyl (C=O) groups is 1. The number of nitrogens with zero attached hydrogens (tertiary/aromatic N) is 1. The van der Waals surface area contributed by atoms with Crippen LogP contribution in [0.3, 0.4) is 0 Å². The lowest BCUT2D eigenvalue weighted by Gasteiger charge is -2.21. The van der Waals surface area contributed by atoms with Crippen LogP contribution in [0, 0.1) is 5.82 Å². The fourth-order valence-electron chi connectivity index (χ4n) is 2.23.